The molecule has 0 amide bonds. The first kappa shape index (κ1) is 29.5. The Bertz CT molecular complexity index is 465. The first-order valence-electron chi connectivity index (χ1n) is 10.1. The molecule has 29 heavy (non-hydrogen) atoms. The molecule has 0 fully saturated rings. The van der Waals surface area contributed by atoms with Gasteiger partial charge in [-0.3, -0.25) is 0 Å². The standard InChI is InChI=1S/C20H45ClO6Si2/c1-16(2,3)22-28(21,23-17(4,5)6)27-29(24-18(7,8)9,25-19(10,11)12)26-20(13,14)15/h1-15H3. The van der Waals surface area contributed by atoms with Gasteiger partial charge in [-0.15, -0.1) is 0 Å². The van der Waals surface area contributed by atoms with Crippen molar-refractivity contribution in [3.8, 4) is 0 Å². The summed E-state index contributed by atoms with van der Waals surface area (Å²) < 4.78 is 37.8. The van der Waals surface area contributed by atoms with E-state index in [2.05, 4.69) is 0 Å². The van der Waals surface area contributed by atoms with Gasteiger partial charge in [-0.1, -0.05) is 11.1 Å². The average molecular weight is 473 g/mol. The van der Waals surface area contributed by atoms with Gasteiger partial charge in [0.05, 0.1) is 28.0 Å². The highest BCUT2D eigenvalue weighted by Crippen LogP contribution is 2.36. The molecule has 0 atom stereocenters. The lowest BCUT2D eigenvalue weighted by Gasteiger charge is -2.45. The SMILES string of the molecule is CC(C)(C)O[Si](Cl)(OC(C)(C)C)O[Si](OC(C)(C)C)(OC(C)(C)C)OC(C)(C)C. The summed E-state index contributed by atoms with van der Waals surface area (Å²) in [5.41, 5.74) is -3.05. The molecule has 0 radical (unpaired) electrons. The monoisotopic (exact) mass is 472 g/mol. The fourth-order valence-electron chi connectivity index (χ4n) is 2.19. The Kier molecular flexibility index (Phi) is 9.31. The van der Waals surface area contributed by atoms with E-state index in [-0.39, 0.29) is 0 Å². The molecule has 0 aliphatic rings. The molecular formula is C20H45ClO6Si2. The van der Waals surface area contributed by atoms with Crippen LogP contribution in [0.25, 0.3) is 0 Å². The summed E-state index contributed by atoms with van der Waals surface area (Å²) >= 11 is 6.95. The fourth-order valence-corrected chi connectivity index (χ4v) is 10.3. The molecule has 0 aromatic carbocycles. The van der Waals surface area contributed by atoms with Gasteiger partial charge in [0.15, 0.2) is 0 Å². The van der Waals surface area contributed by atoms with Crippen molar-refractivity contribution in [2.45, 2.75) is 132 Å². The summed E-state index contributed by atoms with van der Waals surface area (Å²) in [5, 5.41) is 0. The van der Waals surface area contributed by atoms with Crippen LogP contribution in [0.5, 0.6) is 0 Å². The van der Waals surface area contributed by atoms with Crippen LogP contribution in [0.2, 0.25) is 0 Å². The van der Waals surface area contributed by atoms with Gasteiger partial charge in [-0.2, -0.15) is 0 Å². The van der Waals surface area contributed by atoms with Gasteiger partial charge < -0.3 is 26.2 Å². The Hall–Kier alpha value is 0.484. The van der Waals surface area contributed by atoms with Gasteiger partial charge in [0.25, 0.3) is 0 Å². The maximum atomic E-state index is 6.95. The summed E-state index contributed by atoms with van der Waals surface area (Å²) in [6.45, 7) is 28.7. The Labute approximate surface area is 186 Å². The van der Waals surface area contributed by atoms with Crippen LogP contribution in [0, 0.1) is 0 Å². The highest BCUT2D eigenvalue weighted by Gasteiger charge is 2.63. The van der Waals surface area contributed by atoms with E-state index in [0.717, 1.165) is 0 Å². The second-order valence-electron chi connectivity index (χ2n) is 12.2. The molecule has 6 nitrogen and oxygen atoms in total. The van der Waals surface area contributed by atoms with Crippen LogP contribution in [-0.4, -0.2) is 45.2 Å². The second kappa shape index (κ2) is 9.15. The molecular weight excluding hydrogens is 428 g/mol. The van der Waals surface area contributed by atoms with Crippen LogP contribution in [0.4, 0.5) is 0 Å². The third kappa shape index (κ3) is 15.0. The lowest BCUT2D eigenvalue weighted by Crippen LogP contribution is -2.66. The number of rotatable bonds is 7. The van der Waals surface area contributed by atoms with Crippen LogP contribution >= 0.6 is 11.1 Å². The second-order valence-corrected chi connectivity index (χ2v) is 17.3. The zero-order valence-corrected chi connectivity index (χ0v) is 24.1. The third-order valence-corrected chi connectivity index (χ3v) is 9.83. The van der Waals surface area contributed by atoms with E-state index in [1.165, 1.54) is 0 Å². The molecule has 176 valence electrons. The van der Waals surface area contributed by atoms with Crippen molar-refractivity contribution in [2.24, 2.45) is 0 Å². The van der Waals surface area contributed by atoms with Crippen molar-refractivity contribution in [3.63, 3.8) is 0 Å². The van der Waals surface area contributed by atoms with Gasteiger partial charge in [-0.05, 0) is 104 Å². The van der Waals surface area contributed by atoms with E-state index >= 15 is 0 Å². The van der Waals surface area contributed by atoms with Crippen molar-refractivity contribution in [1.82, 2.24) is 0 Å². The minimum Gasteiger partial charge on any atom is -0.357 e. The molecule has 9 heteroatoms. The van der Waals surface area contributed by atoms with E-state index in [1.807, 2.05) is 104 Å². The summed E-state index contributed by atoms with van der Waals surface area (Å²) in [6, 6.07) is 0. The molecule has 0 aromatic rings. The van der Waals surface area contributed by atoms with Crippen molar-refractivity contribution in [3.05, 3.63) is 0 Å². The van der Waals surface area contributed by atoms with E-state index in [1.54, 1.807) is 0 Å². The normalized spacial score (nSPS) is 15.7. The van der Waals surface area contributed by atoms with Gasteiger partial charge in [0.2, 0.25) is 0 Å². The van der Waals surface area contributed by atoms with E-state index in [9.17, 15) is 0 Å². The van der Waals surface area contributed by atoms with Crippen LogP contribution in [0.1, 0.15) is 104 Å². The zero-order chi connectivity index (χ0) is 23.7. The molecule has 0 rings (SSSR count). The van der Waals surface area contributed by atoms with Gasteiger partial charge >= 0.3 is 17.2 Å². The van der Waals surface area contributed by atoms with E-state index < -0.39 is 45.2 Å². The van der Waals surface area contributed by atoms with Crippen molar-refractivity contribution in [2.75, 3.05) is 0 Å². The van der Waals surface area contributed by atoms with Crippen LogP contribution in [0.3, 0.4) is 0 Å². The largest absolute Gasteiger partial charge is 0.674 e. The summed E-state index contributed by atoms with van der Waals surface area (Å²) in [6.07, 6.45) is 0. The van der Waals surface area contributed by atoms with Gasteiger partial charge in [0, 0.05) is 0 Å². The molecule has 0 aromatic heterocycles. The minimum absolute atomic E-state index is 0.607. The molecule has 0 aliphatic carbocycles. The smallest absolute Gasteiger partial charge is 0.357 e. The van der Waals surface area contributed by atoms with E-state index in [0.29, 0.717) is 0 Å². The van der Waals surface area contributed by atoms with Crippen molar-refractivity contribution < 1.29 is 26.2 Å². The predicted octanol–water partition coefficient (Wildman–Crippen LogP) is 6.19. The maximum Gasteiger partial charge on any atom is 0.674 e. The highest BCUT2D eigenvalue weighted by atomic mass is 35.6. The van der Waals surface area contributed by atoms with E-state index in [4.69, 9.17) is 37.3 Å². The Balaban J connectivity index is 6.46. The molecule has 0 aliphatic heterocycles. The Morgan fingerprint density at radius 2 is 0.621 bits per heavy atom. The number of hydrogen-bond donors (Lipinski definition) is 0. The first-order chi connectivity index (χ1) is 12.2. The molecule has 0 saturated heterocycles. The van der Waals surface area contributed by atoms with Gasteiger partial charge in [-0.25, -0.2) is 0 Å². The maximum absolute atomic E-state index is 6.95. The molecule has 0 bridgehead atoms. The topological polar surface area (TPSA) is 55.4 Å². The quantitative estimate of drug-likeness (QED) is 0.325. The van der Waals surface area contributed by atoms with Crippen LogP contribution in [0.15, 0.2) is 0 Å². The van der Waals surface area contributed by atoms with Crippen LogP contribution < -0.4 is 0 Å². The van der Waals surface area contributed by atoms with Crippen molar-refractivity contribution in [1.29, 1.82) is 0 Å². The fraction of sp³-hybridized carbons (Fsp3) is 1.00. The van der Waals surface area contributed by atoms with Crippen molar-refractivity contribution >= 4 is 28.2 Å². The molecule has 0 unspecified atom stereocenters. The van der Waals surface area contributed by atoms with Gasteiger partial charge in [0.1, 0.15) is 0 Å². The summed E-state index contributed by atoms with van der Waals surface area (Å²) in [7, 11) is -7.65. The number of halogens is 1. The predicted molar refractivity (Wildman–Crippen MR) is 123 cm³/mol. The molecule has 0 N–H and O–H groups in total. The first-order valence-corrected chi connectivity index (χ1v) is 14.5. The molecule has 0 saturated carbocycles. The summed E-state index contributed by atoms with van der Waals surface area (Å²) in [4.78, 5) is 0. The molecule has 0 spiro atoms. The average Bonchev–Trinajstić information content (AvgIpc) is 2.10. The summed E-state index contributed by atoms with van der Waals surface area (Å²) in [5.74, 6) is 0. The lowest BCUT2D eigenvalue weighted by molar-refractivity contribution is -0.130. The Morgan fingerprint density at radius 1 is 0.414 bits per heavy atom. The highest BCUT2D eigenvalue weighted by molar-refractivity contribution is 7.11. The minimum atomic E-state index is -3.86. The lowest BCUT2D eigenvalue weighted by atomic mass is 10.2. The third-order valence-electron chi connectivity index (χ3n) is 2.40. The Morgan fingerprint density at radius 3 is 0.793 bits per heavy atom. The number of hydrogen-bond acceptors (Lipinski definition) is 6. The zero-order valence-electron chi connectivity index (χ0n) is 21.3. The van der Waals surface area contributed by atoms with Crippen LogP contribution in [-0.2, 0) is 26.2 Å². The molecule has 0 heterocycles.